The zero-order valence-corrected chi connectivity index (χ0v) is 22.7. The first-order valence-electron chi connectivity index (χ1n) is 11.6. The third kappa shape index (κ3) is 6.38. The van der Waals surface area contributed by atoms with Gasteiger partial charge in [0.25, 0.3) is 16.4 Å². The Morgan fingerprint density at radius 3 is 2.36 bits per heavy atom. The number of nitrogens with one attached hydrogen (secondary N) is 1. The fraction of sp³-hybridized carbons (Fsp3) is 0.333. The number of aliphatic hydroxyl groups is 1. The second kappa shape index (κ2) is 11.4. The molecule has 1 unspecified atom stereocenters. The lowest BCUT2D eigenvalue weighted by molar-refractivity contribution is -0.114. The second-order valence-corrected chi connectivity index (χ2v) is 13.8. The minimum Gasteiger partial charge on any atom is -0.377 e. The van der Waals surface area contributed by atoms with E-state index in [0.717, 1.165) is 35.6 Å². The summed E-state index contributed by atoms with van der Waals surface area (Å²) >= 11 is 1.02. The van der Waals surface area contributed by atoms with Gasteiger partial charge in [-0.2, -0.15) is 4.31 Å². The Balaban J connectivity index is 1.64. The van der Waals surface area contributed by atoms with E-state index in [9.17, 15) is 39.5 Å². The number of nitrogens with zero attached hydrogens (tertiary/aromatic N) is 2. The molecule has 1 saturated heterocycles. The fourth-order valence-corrected chi connectivity index (χ4v) is 8.27. The highest BCUT2D eigenvalue weighted by molar-refractivity contribution is 7.92. The molecule has 0 bridgehead atoms. The monoisotopic (exact) mass is 607 g/mol. The van der Waals surface area contributed by atoms with E-state index < -0.39 is 56.4 Å². The molecule has 4 rings (SSSR count). The van der Waals surface area contributed by atoms with Crippen molar-refractivity contribution in [3.8, 4) is 0 Å². The Labute approximate surface area is 227 Å². The lowest BCUT2D eigenvalue weighted by Crippen LogP contribution is -2.57. The SMILES string of the molecule is O=S(=O)(C[C@H]1CN(S(=O)(=O)c2cccs2)CCN1c1ccc(C(O)(CF)C(F)F)cc1)Nc1cccc(F)c1. The van der Waals surface area contributed by atoms with Gasteiger partial charge in [-0.15, -0.1) is 11.3 Å². The van der Waals surface area contributed by atoms with Crippen LogP contribution < -0.4 is 9.62 Å². The van der Waals surface area contributed by atoms with Crippen LogP contribution in [-0.4, -0.2) is 70.8 Å². The third-order valence-electron chi connectivity index (χ3n) is 6.31. The van der Waals surface area contributed by atoms with Gasteiger partial charge >= 0.3 is 0 Å². The van der Waals surface area contributed by atoms with Crippen molar-refractivity contribution in [2.24, 2.45) is 0 Å². The predicted octanol–water partition coefficient (Wildman–Crippen LogP) is 3.63. The van der Waals surface area contributed by atoms with Crippen molar-refractivity contribution in [1.29, 1.82) is 0 Å². The van der Waals surface area contributed by atoms with E-state index in [1.807, 2.05) is 0 Å². The highest BCUT2D eigenvalue weighted by Crippen LogP contribution is 2.32. The molecule has 0 amide bonds. The van der Waals surface area contributed by atoms with E-state index in [-0.39, 0.29) is 35.1 Å². The van der Waals surface area contributed by atoms with Gasteiger partial charge in [0.05, 0.1) is 17.5 Å². The van der Waals surface area contributed by atoms with Crippen LogP contribution in [0, 0.1) is 5.82 Å². The number of hydrogen-bond acceptors (Lipinski definition) is 7. The molecule has 8 nitrogen and oxygen atoms in total. The number of halogens is 4. The van der Waals surface area contributed by atoms with Crippen LogP contribution in [-0.2, 0) is 25.6 Å². The van der Waals surface area contributed by atoms with Gasteiger partial charge in [0.15, 0.2) is 5.60 Å². The molecule has 2 aromatic carbocycles. The molecule has 1 aromatic heterocycles. The van der Waals surface area contributed by atoms with Gasteiger partial charge in [-0.05, 0) is 47.3 Å². The summed E-state index contributed by atoms with van der Waals surface area (Å²) in [7, 11) is -8.04. The van der Waals surface area contributed by atoms with Gasteiger partial charge in [0.1, 0.15) is 16.7 Å². The molecule has 0 aliphatic carbocycles. The molecular weight excluding hydrogens is 582 g/mol. The van der Waals surface area contributed by atoms with Gasteiger partial charge in [0, 0.05) is 25.3 Å². The van der Waals surface area contributed by atoms with Gasteiger partial charge in [-0.25, -0.2) is 34.4 Å². The second-order valence-electron chi connectivity index (χ2n) is 8.94. The highest BCUT2D eigenvalue weighted by atomic mass is 32.2. The normalized spacial score (nSPS) is 18.7. The highest BCUT2D eigenvalue weighted by Gasteiger charge is 2.41. The zero-order chi connectivity index (χ0) is 28.4. The number of benzene rings is 2. The Kier molecular flexibility index (Phi) is 8.56. The summed E-state index contributed by atoms with van der Waals surface area (Å²) < 4.78 is 109. The van der Waals surface area contributed by atoms with Crippen LogP contribution in [0.25, 0.3) is 0 Å². The van der Waals surface area contributed by atoms with Crippen LogP contribution in [0.2, 0.25) is 0 Å². The maximum absolute atomic E-state index is 13.6. The lowest BCUT2D eigenvalue weighted by Gasteiger charge is -2.42. The summed E-state index contributed by atoms with van der Waals surface area (Å²) in [5.41, 5.74) is -3.01. The zero-order valence-electron chi connectivity index (χ0n) is 20.3. The molecular formula is C24H25F4N3O5S3. The number of hydrogen-bond donors (Lipinski definition) is 2. The Hall–Kier alpha value is -2.72. The van der Waals surface area contributed by atoms with Crippen LogP contribution in [0.4, 0.5) is 28.9 Å². The molecule has 2 N–H and O–H groups in total. The number of anilines is 2. The van der Waals surface area contributed by atoms with E-state index in [1.54, 1.807) is 16.3 Å². The summed E-state index contributed by atoms with van der Waals surface area (Å²) in [5, 5.41) is 11.6. The van der Waals surface area contributed by atoms with Crippen LogP contribution in [0.1, 0.15) is 5.56 Å². The van der Waals surface area contributed by atoms with E-state index in [1.165, 1.54) is 34.6 Å². The van der Waals surface area contributed by atoms with Crippen LogP contribution >= 0.6 is 11.3 Å². The number of thiophene rings is 1. The van der Waals surface area contributed by atoms with Gasteiger partial charge in [-0.1, -0.05) is 24.3 Å². The first-order valence-corrected chi connectivity index (χ1v) is 15.6. The molecule has 39 heavy (non-hydrogen) atoms. The predicted molar refractivity (Wildman–Crippen MR) is 140 cm³/mol. The number of alkyl halides is 3. The summed E-state index contributed by atoms with van der Waals surface area (Å²) in [5.74, 6) is -1.24. The summed E-state index contributed by atoms with van der Waals surface area (Å²) in [6.07, 6.45) is -3.38. The molecule has 1 aliphatic rings. The maximum atomic E-state index is 13.6. The standard InChI is InChI=1S/C24H25F4N3O5S3/c25-16-24(32,23(27)28)17-6-8-20(9-7-17)31-11-10-30(39(35,36)22-5-2-12-37-22)14-21(31)15-38(33,34)29-19-4-1-3-18(26)13-19/h1-9,12-13,21,23,29,32H,10-11,14-16H2/t21-,24?/m1/s1. The Morgan fingerprint density at radius 2 is 1.77 bits per heavy atom. The van der Waals surface area contributed by atoms with Gasteiger partial charge in [-0.3, -0.25) is 4.72 Å². The molecule has 0 radical (unpaired) electrons. The van der Waals surface area contributed by atoms with E-state index in [4.69, 9.17) is 0 Å². The smallest absolute Gasteiger partial charge is 0.273 e. The van der Waals surface area contributed by atoms with Crippen molar-refractivity contribution in [2.45, 2.75) is 22.3 Å². The molecule has 2 atom stereocenters. The van der Waals surface area contributed by atoms with Crippen LogP contribution in [0.3, 0.4) is 0 Å². The first kappa shape index (κ1) is 29.3. The van der Waals surface area contributed by atoms with Crippen molar-refractivity contribution < 1.29 is 39.5 Å². The number of piperazine rings is 1. The topological polar surface area (TPSA) is 107 Å². The maximum Gasteiger partial charge on any atom is 0.273 e. The summed E-state index contributed by atoms with van der Waals surface area (Å²) in [4.78, 5) is 1.60. The van der Waals surface area contributed by atoms with Crippen molar-refractivity contribution >= 4 is 42.8 Å². The van der Waals surface area contributed by atoms with Crippen molar-refractivity contribution in [3.05, 3.63) is 77.4 Å². The van der Waals surface area contributed by atoms with Crippen molar-refractivity contribution in [2.75, 3.05) is 41.7 Å². The summed E-state index contributed by atoms with van der Waals surface area (Å²) in [6, 6.07) is 11.8. The number of sulfonamides is 2. The third-order valence-corrected chi connectivity index (χ3v) is 10.9. The quantitative estimate of drug-likeness (QED) is 0.341. The van der Waals surface area contributed by atoms with Crippen molar-refractivity contribution in [1.82, 2.24) is 4.31 Å². The average Bonchev–Trinajstić information content (AvgIpc) is 3.44. The fourth-order valence-electron chi connectivity index (χ4n) is 4.29. The largest absolute Gasteiger partial charge is 0.377 e. The van der Waals surface area contributed by atoms with Gasteiger partial charge in [0.2, 0.25) is 10.0 Å². The van der Waals surface area contributed by atoms with Crippen molar-refractivity contribution in [3.63, 3.8) is 0 Å². The molecule has 15 heteroatoms. The molecule has 1 aliphatic heterocycles. The lowest BCUT2D eigenvalue weighted by atomic mass is 9.95. The minimum atomic E-state index is -4.13. The molecule has 3 aromatic rings. The Morgan fingerprint density at radius 1 is 1.05 bits per heavy atom. The van der Waals surface area contributed by atoms with Crippen LogP contribution in [0.15, 0.2) is 70.3 Å². The number of rotatable bonds is 10. The Bertz CT molecular complexity index is 1490. The summed E-state index contributed by atoms with van der Waals surface area (Å²) in [6.45, 7) is -1.89. The average molecular weight is 608 g/mol. The van der Waals surface area contributed by atoms with E-state index >= 15 is 0 Å². The van der Waals surface area contributed by atoms with E-state index in [0.29, 0.717) is 5.69 Å². The molecule has 1 fully saturated rings. The molecule has 212 valence electrons. The van der Waals surface area contributed by atoms with Gasteiger partial charge < -0.3 is 10.0 Å². The minimum absolute atomic E-state index is 0.00130. The molecule has 2 heterocycles. The van der Waals surface area contributed by atoms with E-state index in [2.05, 4.69) is 4.72 Å². The first-order chi connectivity index (χ1) is 18.4. The molecule has 0 saturated carbocycles. The molecule has 0 spiro atoms. The van der Waals surface area contributed by atoms with Crippen LogP contribution in [0.5, 0.6) is 0 Å².